The van der Waals surface area contributed by atoms with Crippen LogP contribution in [0.25, 0.3) is 0 Å². The molecule has 3 rings (SSSR count). The predicted octanol–water partition coefficient (Wildman–Crippen LogP) is 4.25. The molecule has 0 unspecified atom stereocenters. The average Bonchev–Trinajstić information content (AvgIpc) is 3.38. The van der Waals surface area contributed by atoms with Crippen molar-refractivity contribution in [3.63, 3.8) is 0 Å². The lowest BCUT2D eigenvalue weighted by molar-refractivity contribution is 0.0169. The third kappa shape index (κ3) is 6.05. The van der Waals surface area contributed by atoms with Crippen LogP contribution in [0.1, 0.15) is 34.4 Å². The lowest BCUT2D eigenvalue weighted by atomic mass is 10.2. The van der Waals surface area contributed by atoms with Gasteiger partial charge in [0.1, 0.15) is 11.6 Å². The fourth-order valence-electron chi connectivity index (χ4n) is 2.54. The molecule has 1 aliphatic carbocycles. The molecular formula is C19H19F3N2O4S2. The van der Waals surface area contributed by atoms with Crippen LogP contribution in [-0.2, 0) is 15.8 Å². The molecule has 1 N–H and O–H groups in total. The monoisotopic (exact) mass is 460 g/mol. The molecule has 1 heterocycles. The van der Waals surface area contributed by atoms with Gasteiger partial charge in [-0.25, -0.2) is 12.8 Å². The van der Waals surface area contributed by atoms with Crippen molar-refractivity contribution in [2.24, 2.45) is 5.92 Å². The van der Waals surface area contributed by atoms with Gasteiger partial charge in [0.05, 0.1) is 6.04 Å². The molecule has 0 radical (unpaired) electrons. The van der Waals surface area contributed by atoms with Crippen LogP contribution in [0.4, 0.5) is 13.2 Å². The van der Waals surface area contributed by atoms with E-state index < -0.39 is 38.5 Å². The van der Waals surface area contributed by atoms with Gasteiger partial charge in [-0.2, -0.15) is 13.8 Å². The molecule has 0 spiro atoms. The van der Waals surface area contributed by atoms with Crippen LogP contribution in [0.5, 0.6) is 11.6 Å². The molecule has 162 valence electrons. The fourth-order valence-corrected chi connectivity index (χ4v) is 3.83. The zero-order valence-corrected chi connectivity index (χ0v) is 17.7. The molecule has 1 aliphatic rings. The molecular weight excluding hydrogens is 441 g/mol. The van der Waals surface area contributed by atoms with E-state index >= 15 is 0 Å². The molecule has 1 atom stereocenters. The van der Waals surface area contributed by atoms with Crippen molar-refractivity contribution in [3.8, 4) is 11.6 Å². The first-order valence-corrected chi connectivity index (χ1v) is 11.7. The first-order valence-electron chi connectivity index (χ1n) is 8.94. The minimum absolute atomic E-state index is 0.0634. The second kappa shape index (κ2) is 8.38. The summed E-state index contributed by atoms with van der Waals surface area (Å²) in [7, 11) is -3.39. The Hall–Kier alpha value is -2.40. The van der Waals surface area contributed by atoms with Crippen molar-refractivity contribution < 1.29 is 31.1 Å². The number of halogens is 3. The van der Waals surface area contributed by atoms with Crippen molar-refractivity contribution in [1.29, 1.82) is 0 Å². The van der Waals surface area contributed by atoms with E-state index in [2.05, 4.69) is 10.3 Å². The number of nitrogens with zero attached hydrogens (tertiary/aromatic N) is 1. The molecule has 1 aromatic carbocycles. The number of carbonyl (C=O) groups excluding carboxylic acids is 1. The first-order chi connectivity index (χ1) is 13.9. The highest BCUT2D eigenvalue weighted by molar-refractivity contribution is 7.93. The summed E-state index contributed by atoms with van der Waals surface area (Å²) in [4.78, 5) is 16.4. The van der Waals surface area contributed by atoms with Crippen molar-refractivity contribution >= 4 is 27.1 Å². The standard InChI is InChI=1S/C19H19F3N2O4S2/c1-19(21,22)18-24-17(28-13-7-5-12(20)6-8-13)15(29-18)16(25)23-14(11-3-4-11)9-10-30(2,26)27/h5-11,14H,3-4H2,1-2H3,(H,23,25)/b10-9+/t14-/m1/s1. The van der Waals surface area contributed by atoms with Gasteiger partial charge in [0.25, 0.3) is 11.8 Å². The van der Waals surface area contributed by atoms with E-state index in [0.29, 0.717) is 18.3 Å². The summed E-state index contributed by atoms with van der Waals surface area (Å²) >= 11 is 0.480. The van der Waals surface area contributed by atoms with Gasteiger partial charge in [-0.15, -0.1) is 11.3 Å². The molecule has 0 bridgehead atoms. The summed E-state index contributed by atoms with van der Waals surface area (Å²) < 4.78 is 68.9. The average molecular weight is 460 g/mol. The van der Waals surface area contributed by atoms with E-state index in [1.165, 1.54) is 18.2 Å². The Morgan fingerprint density at radius 2 is 1.97 bits per heavy atom. The molecule has 2 aromatic rings. The number of benzene rings is 1. The number of rotatable bonds is 8. The number of alkyl halides is 2. The second-order valence-corrected chi connectivity index (χ2v) is 10.0. The third-order valence-corrected chi connectivity index (χ3v) is 6.03. The maximum Gasteiger partial charge on any atom is 0.296 e. The number of thiazole rings is 1. The van der Waals surface area contributed by atoms with Crippen LogP contribution in [-0.4, -0.2) is 31.6 Å². The number of sulfone groups is 1. The summed E-state index contributed by atoms with van der Waals surface area (Å²) in [5, 5.41) is 3.06. The highest BCUT2D eigenvalue weighted by Gasteiger charge is 2.35. The summed E-state index contributed by atoms with van der Waals surface area (Å²) in [5.74, 6) is -4.66. The second-order valence-electron chi connectivity index (χ2n) is 7.09. The normalized spacial score (nSPS) is 15.9. The van der Waals surface area contributed by atoms with Crippen molar-refractivity contribution in [2.75, 3.05) is 6.26 Å². The zero-order chi connectivity index (χ0) is 22.1. The van der Waals surface area contributed by atoms with Gasteiger partial charge < -0.3 is 10.1 Å². The van der Waals surface area contributed by atoms with E-state index in [1.54, 1.807) is 0 Å². The van der Waals surface area contributed by atoms with Gasteiger partial charge in [0.2, 0.25) is 5.88 Å². The van der Waals surface area contributed by atoms with E-state index in [1.807, 2.05) is 0 Å². The van der Waals surface area contributed by atoms with Gasteiger partial charge >= 0.3 is 0 Å². The van der Waals surface area contributed by atoms with Crippen LogP contribution in [0, 0.1) is 11.7 Å². The zero-order valence-electron chi connectivity index (χ0n) is 16.1. The molecule has 1 aromatic heterocycles. The highest BCUT2D eigenvalue weighted by atomic mass is 32.2. The minimum atomic E-state index is -3.39. The molecule has 0 aliphatic heterocycles. The van der Waals surface area contributed by atoms with Gasteiger partial charge in [-0.05, 0) is 43.0 Å². The summed E-state index contributed by atoms with van der Waals surface area (Å²) in [6.07, 6.45) is 4.02. The van der Waals surface area contributed by atoms with Crippen molar-refractivity contribution in [1.82, 2.24) is 10.3 Å². The number of nitrogens with one attached hydrogen (secondary N) is 1. The molecule has 1 saturated carbocycles. The number of amides is 1. The van der Waals surface area contributed by atoms with E-state index in [9.17, 15) is 26.4 Å². The van der Waals surface area contributed by atoms with Gasteiger partial charge in [0.15, 0.2) is 19.7 Å². The third-order valence-electron chi connectivity index (χ3n) is 4.17. The quantitative estimate of drug-likeness (QED) is 0.637. The molecule has 1 fully saturated rings. The Labute approximate surface area is 175 Å². The molecule has 1 amide bonds. The Kier molecular flexibility index (Phi) is 6.23. The van der Waals surface area contributed by atoms with E-state index in [-0.39, 0.29) is 22.4 Å². The predicted molar refractivity (Wildman–Crippen MR) is 106 cm³/mol. The lowest BCUT2D eigenvalue weighted by Gasteiger charge is -2.14. The molecule has 6 nitrogen and oxygen atoms in total. The largest absolute Gasteiger partial charge is 0.437 e. The smallest absolute Gasteiger partial charge is 0.296 e. The molecule has 11 heteroatoms. The number of aromatic nitrogens is 1. The number of ether oxygens (including phenoxy) is 1. The van der Waals surface area contributed by atoms with Gasteiger partial charge in [-0.1, -0.05) is 6.08 Å². The first kappa shape index (κ1) is 22.3. The topological polar surface area (TPSA) is 85.4 Å². The molecule has 30 heavy (non-hydrogen) atoms. The minimum Gasteiger partial charge on any atom is -0.437 e. The van der Waals surface area contributed by atoms with E-state index in [0.717, 1.165) is 36.6 Å². The van der Waals surface area contributed by atoms with Crippen LogP contribution >= 0.6 is 11.3 Å². The van der Waals surface area contributed by atoms with Crippen molar-refractivity contribution in [3.05, 3.63) is 51.5 Å². The van der Waals surface area contributed by atoms with E-state index in [4.69, 9.17) is 4.74 Å². The highest BCUT2D eigenvalue weighted by Crippen LogP contribution is 2.38. The lowest BCUT2D eigenvalue weighted by Crippen LogP contribution is -2.34. The Morgan fingerprint density at radius 3 is 2.50 bits per heavy atom. The van der Waals surface area contributed by atoms with Crippen molar-refractivity contribution in [2.45, 2.75) is 31.7 Å². The maximum atomic E-state index is 13.8. The Bertz CT molecular complexity index is 1060. The SMILES string of the molecule is CC(F)(F)c1nc(Oc2ccc(F)cc2)c(C(=O)N[C@H](/C=C/S(C)(=O)=O)C2CC2)s1. The maximum absolute atomic E-state index is 13.8. The number of carbonyl (C=O) groups is 1. The number of hydrogen-bond donors (Lipinski definition) is 1. The van der Waals surface area contributed by atoms with Crippen LogP contribution in [0.15, 0.2) is 35.7 Å². The molecule has 0 saturated heterocycles. The Morgan fingerprint density at radius 1 is 1.33 bits per heavy atom. The van der Waals surface area contributed by atoms with Gasteiger partial charge in [-0.3, -0.25) is 4.79 Å². The van der Waals surface area contributed by atoms with Crippen LogP contribution < -0.4 is 10.1 Å². The number of hydrogen-bond acceptors (Lipinski definition) is 6. The summed E-state index contributed by atoms with van der Waals surface area (Å²) in [6.45, 7) is 0.650. The summed E-state index contributed by atoms with van der Waals surface area (Å²) in [6, 6.07) is 4.23. The van der Waals surface area contributed by atoms with Crippen LogP contribution in [0.2, 0.25) is 0 Å². The summed E-state index contributed by atoms with van der Waals surface area (Å²) in [5.41, 5.74) is 0. The van der Waals surface area contributed by atoms with Crippen LogP contribution in [0.3, 0.4) is 0 Å². The fraction of sp³-hybridized carbons (Fsp3) is 0.368. The Balaban J connectivity index is 1.88. The van der Waals surface area contributed by atoms with Gasteiger partial charge in [0, 0.05) is 18.6 Å².